The number of halogens is 1. The van der Waals surface area contributed by atoms with Crippen molar-refractivity contribution in [2.75, 3.05) is 12.4 Å². The molecule has 0 aromatic heterocycles. The standard InChI is InChI=1S/C20H22ClNO3S/c1-2-25-20(24)18(12-15-6-4-3-5-7-15)22-19(23)14-26-13-16-8-10-17(21)11-9-16/h3-11,18H,2,12-14H2,1H3,(H,22,23). The first-order chi connectivity index (χ1) is 12.6. The molecule has 2 aromatic carbocycles. The van der Waals surface area contributed by atoms with Gasteiger partial charge in [-0.25, -0.2) is 4.79 Å². The first kappa shape index (κ1) is 20.3. The van der Waals surface area contributed by atoms with Gasteiger partial charge in [-0.2, -0.15) is 0 Å². The Morgan fingerprint density at radius 2 is 1.77 bits per heavy atom. The largest absolute Gasteiger partial charge is 0.464 e. The molecule has 26 heavy (non-hydrogen) atoms. The van der Waals surface area contributed by atoms with Crippen LogP contribution in [0.2, 0.25) is 5.02 Å². The Hall–Kier alpha value is -1.98. The lowest BCUT2D eigenvalue weighted by Gasteiger charge is -2.17. The normalized spacial score (nSPS) is 11.6. The van der Waals surface area contributed by atoms with Crippen LogP contribution < -0.4 is 5.32 Å². The van der Waals surface area contributed by atoms with Gasteiger partial charge in [-0.15, -0.1) is 11.8 Å². The highest BCUT2D eigenvalue weighted by molar-refractivity contribution is 7.99. The Morgan fingerprint density at radius 3 is 2.42 bits per heavy atom. The lowest BCUT2D eigenvalue weighted by atomic mass is 10.1. The van der Waals surface area contributed by atoms with Crippen LogP contribution in [0.15, 0.2) is 54.6 Å². The van der Waals surface area contributed by atoms with Crippen molar-refractivity contribution in [3.63, 3.8) is 0 Å². The van der Waals surface area contributed by atoms with E-state index in [1.807, 2.05) is 54.6 Å². The van der Waals surface area contributed by atoms with Crippen molar-refractivity contribution in [1.29, 1.82) is 0 Å². The summed E-state index contributed by atoms with van der Waals surface area (Å²) in [6, 6.07) is 16.4. The third kappa shape index (κ3) is 7.10. The van der Waals surface area contributed by atoms with Crippen LogP contribution in [0.1, 0.15) is 18.1 Å². The van der Waals surface area contributed by atoms with Gasteiger partial charge in [0, 0.05) is 17.2 Å². The Balaban J connectivity index is 1.86. The van der Waals surface area contributed by atoms with Crippen LogP contribution in [0.4, 0.5) is 0 Å². The molecule has 6 heteroatoms. The molecule has 1 atom stereocenters. The molecule has 0 radical (unpaired) electrons. The smallest absolute Gasteiger partial charge is 0.328 e. The van der Waals surface area contributed by atoms with Crippen molar-refractivity contribution in [3.8, 4) is 0 Å². The minimum Gasteiger partial charge on any atom is -0.464 e. The molecule has 1 amide bonds. The Morgan fingerprint density at radius 1 is 1.08 bits per heavy atom. The molecule has 0 spiro atoms. The zero-order valence-corrected chi connectivity index (χ0v) is 16.2. The maximum atomic E-state index is 12.2. The van der Waals surface area contributed by atoms with Crippen LogP contribution in [-0.2, 0) is 26.5 Å². The number of carbonyl (C=O) groups excluding carboxylic acids is 2. The second kappa shape index (κ2) is 10.9. The average Bonchev–Trinajstić information content (AvgIpc) is 2.64. The van der Waals surface area contributed by atoms with Gasteiger partial charge in [-0.3, -0.25) is 4.79 Å². The highest BCUT2D eigenvalue weighted by Crippen LogP contribution is 2.15. The summed E-state index contributed by atoms with van der Waals surface area (Å²) in [6.45, 7) is 2.03. The zero-order chi connectivity index (χ0) is 18.8. The Bertz CT molecular complexity index is 707. The molecule has 1 unspecified atom stereocenters. The van der Waals surface area contributed by atoms with Crippen LogP contribution in [0.25, 0.3) is 0 Å². The average molecular weight is 392 g/mol. The van der Waals surface area contributed by atoms with E-state index < -0.39 is 12.0 Å². The molecule has 4 nitrogen and oxygen atoms in total. The first-order valence-corrected chi connectivity index (χ1v) is 9.94. The fourth-order valence-corrected chi connectivity index (χ4v) is 3.29. The van der Waals surface area contributed by atoms with Gasteiger partial charge >= 0.3 is 5.97 Å². The van der Waals surface area contributed by atoms with E-state index in [9.17, 15) is 9.59 Å². The topological polar surface area (TPSA) is 55.4 Å². The number of carbonyl (C=O) groups is 2. The molecule has 0 heterocycles. The third-order valence-corrected chi connectivity index (χ3v) is 4.86. The van der Waals surface area contributed by atoms with Gasteiger partial charge in [-0.05, 0) is 30.2 Å². The van der Waals surface area contributed by atoms with Crippen LogP contribution >= 0.6 is 23.4 Å². The van der Waals surface area contributed by atoms with E-state index in [0.29, 0.717) is 17.2 Å². The number of ether oxygens (including phenoxy) is 1. The molecule has 0 bridgehead atoms. The molecule has 138 valence electrons. The third-order valence-electron chi connectivity index (χ3n) is 3.60. The molecule has 0 aliphatic carbocycles. The predicted molar refractivity (Wildman–Crippen MR) is 106 cm³/mol. The van der Waals surface area contributed by atoms with E-state index >= 15 is 0 Å². The van der Waals surface area contributed by atoms with Gasteiger partial charge in [-0.1, -0.05) is 54.1 Å². The molecular formula is C20H22ClNO3S. The summed E-state index contributed by atoms with van der Waals surface area (Å²) in [5.41, 5.74) is 2.07. The lowest BCUT2D eigenvalue weighted by molar-refractivity contribution is -0.147. The maximum absolute atomic E-state index is 12.2. The lowest BCUT2D eigenvalue weighted by Crippen LogP contribution is -2.44. The van der Waals surface area contributed by atoms with Gasteiger partial charge in [0.05, 0.1) is 12.4 Å². The summed E-state index contributed by atoms with van der Waals surface area (Å²) in [7, 11) is 0. The van der Waals surface area contributed by atoms with Gasteiger partial charge in [0.2, 0.25) is 5.91 Å². The second-order valence-electron chi connectivity index (χ2n) is 5.68. The van der Waals surface area contributed by atoms with Crippen molar-refractivity contribution >= 4 is 35.2 Å². The summed E-state index contributed by atoms with van der Waals surface area (Å²) in [5, 5.41) is 3.48. The summed E-state index contributed by atoms with van der Waals surface area (Å²) in [4.78, 5) is 24.4. The van der Waals surface area contributed by atoms with E-state index in [1.54, 1.807) is 6.92 Å². The van der Waals surface area contributed by atoms with Crippen LogP contribution in [0, 0.1) is 0 Å². The predicted octanol–water partition coefficient (Wildman–Crippen LogP) is 3.86. The van der Waals surface area contributed by atoms with E-state index in [-0.39, 0.29) is 18.3 Å². The van der Waals surface area contributed by atoms with E-state index in [2.05, 4.69) is 5.32 Å². The Labute approximate surface area is 163 Å². The van der Waals surface area contributed by atoms with Gasteiger partial charge < -0.3 is 10.1 Å². The molecule has 0 saturated heterocycles. The van der Waals surface area contributed by atoms with Crippen molar-refractivity contribution in [1.82, 2.24) is 5.32 Å². The molecule has 1 N–H and O–H groups in total. The number of rotatable bonds is 9. The number of esters is 1. The van der Waals surface area contributed by atoms with Gasteiger partial charge in [0.1, 0.15) is 6.04 Å². The maximum Gasteiger partial charge on any atom is 0.328 e. The van der Waals surface area contributed by atoms with Crippen LogP contribution in [0.5, 0.6) is 0 Å². The minimum atomic E-state index is -0.680. The summed E-state index contributed by atoms with van der Waals surface area (Å²) >= 11 is 7.35. The van der Waals surface area contributed by atoms with Gasteiger partial charge in [0.15, 0.2) is 0 Å². The molecule has 2 rings (SSSR count). The molecule has 2 aromatic rings. The molecule has 0 aliphatic heterocycles. The second-order valence-corrected chi connectivity index (χ2v) is 7.10. The summed E-state index contributed by atoms with van der Waals surface area (Å²) in [6.07, 6.45) is 0.410. The molecule has 0 saturated carbocycles. The highest BCUT2D eigenvalue weighted by atomic mass is 35.5. The zero-order valence-electron chi connectivity index (χ0n) is 14.6. The molecular weight excluding hydrogens is 370 g/mol. The minimum absolute atomic E-state index is 0.182. The van der Waals surface area contributed by atoms with E-state index in [4.69, 9.17) is 16.3 Å². The summed E-state index contributed by atoms with van der Waals surface area (Å²) < 4.78 is 5.09. The summed E-state index contributed by atoms with van der Waals surface area (Å²) in [5.74, 6) is 0.381. The Kier molecular flexibility index (Phi) is 8.51. The fourth-order valence-electron chi connectivity index (χ4n) is 2.36. The van der Waals surface area contributed by atoms with Crippen LogP contribution in [-0.4, -0.2) is 30.3 Å². The van der Waals surface area contributed by atoms with E-state index in [1.165, 1.54) is 11.8 Å². The monoisotopic (exact) mass is 391 g/mol. The van der Waals surface area contributed by atoms with Crippen molar-refractivity contribution in [2.45, 2.75) is 25.1 Å². The van der Waals surface area contributed by atoms with Crippen molar-refractivity contribution < 1.29 is 14.3 Å². The fraction of sp³-hybridized carbons (Fsp3) is 0.300. The first-order valence-electron chi connectivity index (χ1n) is 8.40. The number of thioether (sulfide) groups is 1. The quantitative estimate of drug-likeness (QED) is 0.659. The van der Waals surface area contributed by atoms with E-state index in [0.717, 1.165) is 11.1 Å². The number of benzene rings is 2. The SMILES string of the molecule is CCOC(=O)C(Cc1ccccc1)NC(=O)CSCc1ccc(Cl)cc1. The number of nitrogens with one attached hydrogen (secondary N) is 1. The molecule has 0 aliphatic rings. The van der Waals surface area contributed by atoms with Gasteiger partial charge in [0.25, 0.3) is 0 Å². The van der Waals surface area contributed by atoms with Crippen molar-refractivity contribution in [3.05, 3.63) is 70.7 Å². The van der Waals surface area contributed by atoms with Crippen LogP contribution in [0.3, 0.4) is 0 Å². The number of amides is 1. The highest BCUT2D eigenvalue weighted by Gasteiger charge is 2.22. The number of hydrogen-bond donors (Lipinski definition) is 1. The molecule has 0 fully saturated rings. The number of hydrogen-bond acceptors (Lipinski definition) is 4. The van der Waals surface area contributed by atoms with Crippen molar-refractivity contribution in [2.24, 2.45) is 0 Å².